The molecule has 0 amide bonds. The van der Waals surface area contributed by atoms with Crippen LogP contribution in [0.3, 0.4) is 0 Å². The van der Waals surface area contributed by atoms with E-state index >= 15 is 0 Å². The zero-order chi connectivity index (χ0) is 18.4. The predicted octanol–water partition coefficient (Wildman–Crippen LogP) is 5.19. The second-order valence-electron chi connectivity index (χ2n) is 6.40. The van der Waals surface area contributed by atoms with E-state index in [0.29, 0.717) is 11.5 Å². The number of rotatable bonds is 8. The van der Waals surface area contributed by atoms with E-state index in [2.05, 4.69) is 13.8 Å². The summed E-state index contributed by atoms with van der Waals surface area (Å²) < 4.78 is 10.3. The summed E-state index contributed by atoms with van der Waals surface area (Å²) >= 11 is 0. The van der Waals surface area contributed by atoms with Crippen LogP contribution >= 0.6 is 0 Å². The molecule has 2 rings (SSSR count). The molecule has 0 fully saturated rings. The summed E-state index contributed by atoms with van der Waals surface area (Å²) in [5, 5.41) is 20.2. The van der Waals surface area contributed by atoms with Crippen LogP contribution in [0.4, 0.5) is 0 Å². The lowest BCUT2D eigenvalue weighted by atomic mass is 9.79. The molecule has 4 heteroatoms. The molecule has 0 aliphatic heterocycles. The quantitative estimate of drug-likeness (QED) is 0.691. The van der Waals surface area contributed by atoms with E-state index in [0.717, 1.165) is 30.4 Å². The molecule has 0 saturated heterocycles. The van der Waals surface area contributed by atoms with Gasteiger partial charge in [-0.3, -0.25) is 0 Å². The van der Waals surface area contributed by atoms with Crippen molar-refractivity contribution in [1.29, 1.82) is 0 Å². The van der Waals surface area contributed by atoms with Gasteiger partial charge in [0.2, 0.25) is 0 Å². The first-order valence-corrected chi connectivity index (χ1v) is 8.75. The fourth-order valence-corrected chi connectivity index (χ4v) is 3.29. The van der Waals surface area contributed by atoms with Gasteiger partial charge in [0.05, 0.1) is 14.2 Å². The van der Waals surface area contributed by atoms with Crippen LogP contribution in [-0.2, 0) is 0 Å². The summed E-state index contributed by atoms with van der Waals surface area (Å²) in [4.78, 5) is 0. The second-order valence-corrected chi connectivity index (χ2v) is 6.40. The Labute approximate surface area is 150 Å². The first-order chi connectivity index (χ1) is 12.0. The zero-order valence-electron chi connectivity index (χ0n) is 15.5. The smallest absolute Gasteiger partial charge is 0.160 e. The highest BCUT2D eigenvalue weighted by Gasteiger charge is 2.22. The fourth-order valence-electron chi connectivity index (χ4n) is 3.29. The van der Waals surface area contributed by atoms with Gasteiger partial charge in [0.25, 0.3) is 0 Å². The van der Waals surface area contributed by atoms with Crippen LogP contribution < -0.4 is 9.47 Å². The standard InChI is InChI=1S/C21H28O4/c1-5-6-7-17(16-9-11-21(25-4)19(23)13-16)14(2)15-8-10-20(24-3)18(22)12-15/h8-14,17,22-23H,5-7H2,1-4H3. The third-order valence-corrected chi connectivity index (χ3v) is 4.83. The van der Waals surface area contributed by atoms with Gasteiger partial charge in [0.15, 0.2) is 23.0 Å². The first kappa shape index (κ1) is 19.0. The van der Waals surface area contributed by atoms with E-state index < -0.39 is 0 Å². The summed E-state index contributed by atoms with van der Waals surface area (Å²) in [6.45, 7) is 4.33. The van der Waals surface area contributed by atoms with Crippen molar-refractivity contribution in [2.75, 3.05) is 14.2 Å². The molecule has 0 saturated carbocycles. The van der Waals surface area contributed by atoms with Gasteiger partial charge in [-0.2, -0.15) is 0 Å². The molecule has 2 N–H and O–H groups in total. The third-order valence-electron chi connectivity index (χ3n) is 4.83. The lowest BCUT2D eigenvalue weighted by molar-refractivity contribution is 0.371. The van der Waals surface area contributed by atoms with Gasteiger partial charge in [-0.1, -0.05) is 38.8 Å². The molecular formula is C21H28O4. The topological polar surface area (TPSA) is 58.9 Å². The summed E-state index contributed by atoms with van der Waals surface area (Å²) in [5.41, 5.74) is 2.13. The minimum atomic E-state index is 0.152. The van der Waals surface area contributed by atoms with Crippen molar-refractivity contribution < 1.29 is 19.7 Å². The van der Waals surface area contributed by atoms with Crippen molar-refractivity contribution >= 4 is 0 Å². The van der Waals surface area contributed by atoms with E-state index in [-0.39, 0.29) is 23.3 Å². The largest absolute Gasteiger partial charge is 0.504 e. The van der Waals surface area contributed by atoms with Crippen molar-refractivity contribution in [1.82, 2.24) is 0 Å². The van der Waals surface area contributed by atoms with Crippen molar-refractivity contribution in [2.45, 2.75) is 44.9 Å². The Morgan fingerprint density at radius 2 is 1.40 bits per heavy atom. The first-order valence-electron chi connectivity index (χ1n) is 8.75. The van der Waals surface area contributed by atoms with Crippen LogP contribution in [0.1, 0.15) is 56.1 Å². The highest BCUT2D eigenvalue weighted by atomic mass is 16.5. The normalized spacial score (nSPS) is 13.3. The molecule has 25 heavy (non-hydrogen) atoms. The van der Waals surface area contributed by atoms with Gasteiger partial charge in [-0.25, -0.2) is 0 Å². The van der Waals surface area contributed by atoms with Crippen LogP contribution in [0.5, 0.6) is 23.0 Å². The molecule has 2 aromatic carbocycles. The van der Waals surface area contributed by atoms with Crippen LogP contribution in [0.25, 0.3) is 0 Å². The number of unbranched alkanes of at least 4 members (excludes halogenated alkanes) is 1. The van der Waals surface area contributed by atoms with E-state index in [4.69, 9.17) is 9.47 Å². The van der Waals surface area contributed by atoms with Gasteiger partial charge < -0.3 is 19.7 Å². The van der Waals surface area contributed by atoms with Crippen molar-refractivity contribution in [3.05, 3.63) is 47.5 Å². The Balaban J connectivity index is 2.35. The summed E-state index contributed by atoms with van der Waals surface area (Å²) in [6.07, 6.45) is 3.22. The molecular weight excluding hydrogens is 316 g/mol. The fraction of sp³-hybridized carbons (Fsp3) is 0.429. The van der Waals surface area contributed by atoms with Gasteiger partial charge >= 0.3 is 0 Å². The highest BCUT2D eigenvalue weighted by molar-refractivity contribution is 5.46. The van der Waals surface area contributed by atoms with Crippen molar-refractivity contribution in [3.8, 4) is 23.0 Å². The summed E-state index contributed by atoms with van der Waals surface area (Å²) in [6, 6.07) is 11.2. The third kappa shape index (κ3) is 4.38. The maximum atomic E-state index is 10.1. The molecule has 0 spiro atoms. The number of hydrogen-bond acceptors (Lipinski definition) is 4. The molecule has 0 heterocycles. The van der Waals surface area contributed by atoms with Crippen LogP contribution in [0.2, 0.25) is 0 Å². The van der Waals surface area contributed by atoms with E-state index in [1.54, 1.807) is 32.4 Å². The molecule has 0 aliphatic rings. The Hall–Kier alpha value is -2.36. The number of hydrogen-bond donors (Lipinski definition) is 2. The molecule has 0 radical (unpaired) electrons. The van der Waals surface area contributed by atoms with Gasteiger partial charge in [-0.15, -0.1) is 0 Å². The maximum absolute atomic E-state index is 10.1. The second kappa shape index (κ2) is 8.65. The molecule has 136 valence electrons. The Morgan fingerprint density at radius 3 is 1.88 bits per heavy atom. The molecule has 2 atom stereocenters. The predicted molar refractivity (Wildman–Crippen MR) is 100.0 cm³/mol. The Bertz CT molecular complexity index is 696. The van der Waals surface area contributed by atoms with Crippen molar-refractivity contribution in [2.24, 2.45) is 0 Å². The molecule has 0 bridgehead atoms. The van der Waals surface area contributed by atoms with E-state index in [1.807, 2.05) is 18.2 Å². The van der Waals surface area contributed by atoms with Crippen molar-refractivity contribution in [3.63, 3.8) is 0 Å². The van der Waals surface area contributed by atoms with Gasteiger partial charge in [0, 0.05) is 0 Å². The van der Waals surface area contributed by atoms with Crippen LogP contribution in [0.15, 0.2) is 36.4 Å². The lowest BCUT2D eigenvalue weighted by Gasteiger charge is -2.26. The number of aromatic hydroxyl groups is 2. The SMILES string of the molecule is CCCCC(c1ccc(OC)c(O)c1)C(C)c1ccc(OC)c(O)c1. The van der Waals surface area contributed by atoms with Crippen LogP contribution in [0, 0.1) is 0 Å². The van der Waals surface area contributed by atoms with Gasteiger partial charge in [0.1, 0.15) is 0 Å². The van der Waals surface area contributed by atoms with E-state index in [1.165, 1.54) is 0 Å². The number of benzene rings is 2. The minimum Gasteiger partial charge on any atom is -0.504 e. The van der Waals surface area contributed by atoms with E-state index in [9.17, 15) is 10.2 Å². The molecule has 0 aliphatic carbocycles. The minimum absolute atomic E-state index is 0.152. The Morgan fingerprint density at radius 1 is 0.880 bits per heavy atom. The number of methoxy groups -OCH3 is 2. The average Bonchev–Trinajstić information content (AvgIpc) is 2.62. The summed E-state index contributed by atoms with van der Waals surface area (Å²) in [7, 11) is 3.09. The summed E-state index contributed by atoms with van der Waals surface area (Å²) in [5.74, 6) is 1.70. The molecule has 0 aromatic heterocycles. The number of phenols is 2. The lowest BCUT2D eigenvalue weighted by Crippen LogP contribution is -2.09. The van der Waals surface area contributed by atoms with Crippen LogP contribution in [-0.4, -0.2) is 24.4 Å². The average molecular weight is 344 g/mol. The molecule has 2 unspecified atom stereocenters. The molecule has 4 nitrogen and oxygen atoms in total. The zero-order valence-corrected chi connectivity index (χ0v) is 15.5. The Kier molecular flexibility index (Phi) is 6.57. The monoisotopic (exact) mass is 344 g/mol. The maximum Gasteiger partial charge on any atom is 0.160 e. The van der Waals surface area contributed by atoms with Gasteiger partial charge in [-0.05, 0) is 53.6 Å². The highest BCUT2D eigenvalue weighted by Crippen LogP contribution is 2.41. The molecule has 2 aromatic rings. The number of phenolic OH excluding ortho intramolecular Hbond substituents is 2. The number of ether oxygens (including phenoxy) is 2.